The van der Waals surface area contributed by atoms with E-state index in [-0.39, 0.29) is 0 Å². The highest BCUT2D eigenvalue weighted by Crippen LogP contribution is 2.12. The van der Waals surface area contributed by atoms with Crippen molar-refractivity contribution in [2.24, 2.45) is 0 Å². The van der Waals surface area contributed by atoms with Gasteiger partial charge in [0.1, 0.15) is 5.76 Å². The third kappa shape index (κ3) is 8.10. The molecule has 0 aliphatic heterocycles. The highest BCUT2D eigenvalue weighted by molar-refractivity contribution is 5.00. The molecule has 1 unspecified atom stereocenters. The Kier molecular flexibility index (Phi) is 9.52. The molecule has 0 saturated heterocycles. The normalized spacial score (nSPS) is 12.7. The number of hydrogen-bond donors (Lipinski definition) is 1. The van der Waals surface area contributed by atoms with Gasteiger partial charge in [0.15, 0.2) is 0 Å². The van der Waals surface area contributed by atoms with Crippen LogP contribution in [0.1, 0.15) is 71.0 Å². The smallest absolute Gasteiger partial charge is 0.105 e. The standard InChI is InChI=1S/C17H31NO/c1-3-5-6-7-8-9-11-16(18-13-4-2)15-17-12-10-14-19-17/h10,12,14,16,18H,3-9,11,13,15H2,1-2H3. The number of nitrogens with one attached hydrogen (secondary N) is 1. The molecule has 1 atom stereocenters. The Hall–Kier alpha value is -0.760. The first-order valence-corrected chi connectivity index (χ1v) is 8.12. The third-order valence-electron chi connectivity index (χ3n) is 3.62. The van der Waals surface area contributed by atoms with Crippen molar-refractivity contribution in [3.05, 3.63) is 24.2 Å². The average molecular weight is 265 g/mol. The van der Waals surface area contributed by atoms with Gasteiger partial charge in [-0.3, -0.25) is 0 Å². The number of furan rings is 1. The van der Waals surface area contributed by atoms with Gasteiger partial charge in [0.2, 0.25) is 0 Å². The number of unbranched alkanes of at least 4 members (excludes halogenated alkanes) is 5. The van der Waals surface area contributed by atoms with Gasteiger partial charge in [-0.15, -0.1) is 0 Å². The van der Waals surface area contributed by atoms with Crippen molar-refractivity contribution < 1.29 is 4.42 Å². The predicted octanol–water partition coefficient (Wildman–Crippen LogP) is 4.94. The minimum absolute atomic E-state index is 0.581. The molecule has 0 aliphatic rings. The molecule has 0 radical (unpaired) electrons. The number of hydrogen-bond acceptors (Lipinski definition) is 2. The molecule has 0 saturated carbocycles. The summed E-state index contributed by atoms with van der Waals surface area (Å²) >= 11 is 0. The highest BCUT2D eigenvalue weighted by Gasteiger charge is 2.10. The van der Waals surface area contributed by atoms with E-state index in [1.807, 2.05) is 6.07 Å². The predicted molar refractivity (Wildman–Crippen MR) is 82.5 cm³/mol. The summed E-state index contributed by atoms with van der Waals surface area (Å²) < 4.78 is 5.46. The summed E-state index contributed by atoms with van der Waals surface area (Å²) in [4.78, 5) is 0. The van der Waals surface area contributed by atoms with Crippen LogP contribution in [0.5, 0.6) is 0 Å². The van der Waals surface area contributed by atoms with Crippen molar-refractivity contribution in [2.75, 3.05) is 6.54 Å². The van der Waals surface area contributed by atoms with Gasteiger partial charge in [-0.1, -0.05) is 52.4 Å². The summed E-state index contributed by atoms with van der Waals surface area (Å²) in [5, 5.41) is 3.65. The van der Waals surface area contributed by atoms with Crippen LogP contribution in [0, 0.1) is 0 Å². The highest BCUT2D eigenvalue weighted by atomic mass is 16.3. The summed E-state index contributed by atoms with van der Waals surface area (Å²) in [5.74, 6) is 1.11. The van der Waals surface area contributed by atoms with Crippen LogP contribution in [0.25, 0.3) is 0 Å². The van der Waals surface area contributed by atoms with Gasteiger partial charge < -0.3 is 9.73 Å². The first kappa shape index (κ1) is 16.3. The molecule has 2 heteroatoms. The Balaban J connectivity index is 2.17. The molecule has 1 aromatic heterocycles. The Morgan fingerprint density at radius 3 is 2.53 bits per heavy atom. The van der Waals surface area contributed by atoms with Crippen molar-refractivity contribution in [2.45, 2.75) is 77.7 Å². The fourth-order valence-corrected chi connectivity index (χ4v) is 2.47. The van der Waals surface area contributed by atoms with E-state index in [9.17, 15) is 0 Å². The summed E-state index contributed by atoms with van der Waals surface area (Å²) in [6, 6.07) is 4.65. The Morgan fingerprint density at radius 2 is 1.84 bits per heavy atom. The summed E-state index contributed by atoms with van der Waals surface area (Å²) in [6.45, 7) is 5.61. The topological polar surface area (TPSA) is 25.2 Å². The third-order valence-corrected chi connectivity index (χ3v) is 3.62. The quantitative estimate of drug-likeness (QED) is 0.541. The van der Waals surface area contributed by atoms with Crippen molar-refractivity contribution in [1.82, 2.24) is 5.32 Å². The first-order chi connectivity index (χ1) is 9.36. The molecule has 0 fully saturated rings. The van der Waals surface area contributed by atoms with E-state index < -0.39 is 0 Å². The van der Waals surface area contributed by atoms with Gasteiger partial charge >= 0.3 is 0 Å². The molecule has 0 amide bonds. The molecular weight excluding hydrogens is 234 g/mol. The average Bonchev–Trinajstić information content (AvgIpc) is 2.92. The van der Waals surface area contributed by atoms with Crippen LogP contribution < -0.4 is 5.32 Å². The van der Waals surface area contributed by atoms with Crippen molar-refractivity contribution in [3.8, 4) is 0 Å². The van der Waals surface area contributed by atoms with E-state index >= 15 is 0 Å². The molecule has 0 bridgehead atoms. The second-order valence-corrected chi connectivity index (χ2v) is 5.49. The van der Waals surface area contributed by atoms with Gasteiger partial charge in [-0.2, -0.15) is 0 Å². The molecule has 2 nitrogen and oxygen atoms in total. The zero-order valence-electron chi connectivity index (χ0n) is 12.8. The molecule has 0 aromatic carbocycles. The van der Waals surface area contributed by atoms with Crippen LogP contribution in [-0.4, -0.2) is 12.6 Å². The molecule has 0 spiro atoms. The molecule has 0 aliphatic carbocycles. The Morgan fingerprint density at radius 1 is 1.05 bits per heavy atom. The van der Waals surface area contributed by atoms with E-state index in [1.54, 1.807) is 6.26 Å². The van der Waals surface area contributed by atoms with Crippen molar-refractivity contribution >= 4 is 0 Å². The van der Waals surface area contributed by atoms with Crippen LogP contribution in [0.3, 0.4) is 0 Å². The van der Waals surface area contributed by atoms with E-state index in [1.165, 1.54) is 51.4 Å². The van der Waals surface area contributed by atoms with E-state index in [0.29, 0.717) is 6.04 Å². The monoisotopic (exact) mass is 265 g/mol. The molecule has 19 heavy (non-hydrogen) atoms. The van der Waals surface area contributed by atoms with Gasteiger partial charge in [-0.05, 0) is 31.5 Å². The van der Waals surface area contributed by atoms with E-state index in [2.05, 4.69) is 25.2 Å². The van der Waals surface area contributed by atoms with Crippen LogP contribution in [0.2, 0.25) is 0 Å². The minimum Gasteiger partial charge on any atom is -0.469 e. The molecular formula is C17H31NO. The van der Waals surface area contributed by atoms with Crippen LogP contribution >= 0.6 is 0 Å². The van der Waals surface area contributed by atoms with Gasteiger partial charge in [0, 0.05) is 12.5 Å². The van der Waals surface area contributed by atoms with Gasteiger partial charge in [0.25, 0.3) is 0 Å². The van der Waals surface area contributed by atoms with Crippen LogP contribution in [-0.2, 0) is 6.42 Å². The molecule has 110 valence electrons. The van der Waals surface area contributed by atoms with Gasteiger partial charge in [0.05, 0.1) is 6.26 Å². The van der Waals surface area contributed by atoms with Crippen molar-refractivity contribution in [1.29, 1.82) is 0 Å². The van der Waals surface area contributed by atoms with Gasteiger partial charge in [-0.25, -0.2) is 0 Å². The maximum atomic E-state index is 5.46. The minimum atomic E-state index is 0.581. The SMILES string of the molecule is CCCCCCCCC(Cc1ccco1)NCCC. The maximum Gasteiger partial charge on any atom is 0.105 e. The second-order valence-electron chi connectivity index (χ2n) is 5.49. The zero-order valence-corrected chi connectivity index (χ0v) is 12.8. The fourth-order valence-electron chi connectivity index (χ4n) is 2.47. The lowest BCUT2D eigenvalue weighted by molar-refractivity contribution is 0.410. The lowest BCUT2D eigenvalue weighted by atomic mass is 10.0. The van der Waals surface area contributed by atoms with Crippen LogP contribution in [0.15, 0.2) is 22.8 Å². The molecule has 1 heterocycles. The molecule has 1 N–H and O–H groups in total. The van der Waals surface area contributed by atoms with E-state index in [0.717, 1.165) is 18.7 Å². The zero-order chi connectivity index (χ0) is 13.8. The molecule has 1 rings (SSSR count). The summed E-state index contributed by atoms with van der Waals surface area (Å²) in [5.41, 5.74) is 0. The van der Waals surface area contributed by atoms with Crippen LogP contribution in [0.4, 0.5) is 0 Å². The lowest BCUT2D eigenvalue weighted by Gasteiger charge is -2.17. The maximum absolute atomic E-state index is 5.46. The number of rotatable bonds is 12. The Labute approximate surface area is 119 Å². The largest absolute Gasteiger partial charge is 0.469 e. The Bertz CT molecular complexity index is 281. The molecule has 1 aromatic rings. The fraction of sp³-hybridized carbons (Fsp3) is 0.765. The first-order valence-electron chi connectivity index (χ1n) is 8.12. The second kappa shape index (κ2) is 11.1. The lowest BCUT2D eigenvalue weighted by Crippen LogP contribution is -2.31. The summed E-state index contributed by atoms with van der Waals surface area (Å²) in [7, 11) is 0. The van der Waals surface area contributed by atoms with Crippen molar-refractivity contribution in [3.63, 3.8) is 0 Å². The summed E-state index contributed by atoms with van der Waals surface area (Å²) in [6.07, 6.45) is 13.5. The van der Waals surface area contributed by atoms with E-state index in [4.69, 9.17) is 4.42 Å².